The van der Waals surface area contributed by atoms with Gasteiger partial charge in [-0.2, -0.15) is 0 Å². The average molecular weight is 127 g/mol. The Morgan fingerprint density at radius 3 is 2.78 bits per heavy atom. The van der Waals surface area contributed by atoms with Crippen molar-refractivity contribution < 1.29 is 5.01 Å². The molecule has 1 aliphatic rings. The van der Waals surface area contributed by atoms with Gasteiger partial charge >= 0.3 is 0 Å². The van der Waals surface area contributed by atoms with E-state index in [0.717, 1.165) is 13.1 Å². The van der Waals surface area contributed by atoms with E-state index < -0.39 is 0 Å². The molecule has 0 aliphatic carbocycles. The maximum Gasteiger partial charge on any atom is 0.111 e. The lowest BCUT2D eigenvalue weighted by atomic mass is 10.6. The second-order valence-electron chi connectivity index (χ2n) is 2.29. The molecule has 2 nitrogen and oxygen atoms in total. The van der Waals surface area contributed by atoms with E-state index in [-0.39, 0.29) is 0 Å². The first-order valence-electron chi connectivity index (χ1n) is 3.65. The van der Waals surface area contributed by atoms with Crippen molar-refractivity contribution in [2.45, 2.75) is 13.8 Å². The van der Waals surface area contributed by atoms with E-state index in [4.69, 9.17) is 0 Å². The summed E-state index contributed by atoms with van der Waals surface area (Å²) in [6, 6.07) is 0. The maximum absolute atomic E-state index is 2.39. The van der Waals surface area contributed by atoms with Crippen LogP contribution in [0.2, 0.25) is 0 Å². The van der Waals surface area contributed by atoms with Crippen molar-refractivity contribution in [3.63, 3.8) is 0 Å². The topological polar surface area (TPSA) is 7.68 Å². The van der Waals surface area contributed by atoms with Gasteiger partial charge in [-0.15, -0.1) is 5.01 Å². The lowest BCUT2D eigenvalue weighted by Crippen LogP contribution is -3.12. The highest BCUT2D eigenvalue weighted by atomic mass is 15.6. The number of quaternary nitrogens is 1. The third kappa shape index (κ3) is 1.32. The molecule has 0 amide bonds. The smallest absolute Gasteiger partial charge is 0.111 e. The van der Waals surface area contributed by atoms with Gasteiger partial charge in [-0.3, -0.25) is 0 Å². The fourth-order valence-electron chi connectivity index (χ4n) is 1.21. The van der Waals surface area contributed by atoms with Crippen molar-refractivity contribution in [3.8, 4) is 0 Å². The van der Waals surface area contributed by atoms with E-state index in [1.54, 1.807) is 0 Å². The van der Waals surface area contributed by atoms with Gasteiger partial charge in [-0.1, -0.05) is 0 Å². The van der Waals surface area contributed by atoms with E-state index >= 15 is 0 Å². The van der Waals surface area contributed by atoms with Gasteiger partial charge in [-0.05, 0) is 19.9 Å². The van der Waals surface area contributed by atoms with Gasteiger partial charge in [0.1, 0.15) is 6.20 Å². The van der Waals surface area contributed by atoms with Crippen LogP contribution in [-0.4, -0.2) is 24.6 Å². The van der Waals surface area contributed by atoms with Gasteiger partial charge in [0.25, 0.3) is 0 Å². The van der Waals surface area contributed by atoms with E-state index in [0.29, 0.717) is 0 Å². The Morgan fingerprint density at radius 1 is 1.56 bits per heavy atom. The minimum atomic E-state index is 1.12. The molecule has 0 aromatic carbocycles. The fraction of sp³-hybridized carbons (Fsp3) is 0.714. The summed E-state index contributed by atoms with van der Waals surface area (Å²) in [4.78, 5) is 0. The van der Waals surface area contributed by atoms with Crippen LogP contribution in [-0.2, 0) is 0 Å². The molecule has 0 spiro atoms. The third-order valence-electron chi connectivity index (χ3n) is 1.79. The molecule has 1 unspecified atom stereocenters. The van der Waals surface area contributed by atoms with Crippen molar-refractivity contribution >= 4 is 0 Å². The molecule has 0 fully saturated rings. The zero-order valence-corrected chi connectivity index (χ0v) is 6.22. The molecule has 2 heteroatoms. The summed E-state index contributed by atoms with van der Waals surface area (Å²) in [6.45, 7) is 7.84. The molecular formula is C7H15N2+. The number of nitrogens with one attached hydrogen (secondary N) is 1. The summed E-state index contributed by atoms with van der Waals surface area (Å²) in [5.74, 6) is 0. The zero-order valence-electron chi connectivity index (χ0n) is 6.22. The van der Waals surface area contributed by atoms with Crippen LogP contribution in [0.4, 0.5) is 0 Å². The SMILES string of the molecule is CCN1CC=C[NH+]1CC. The third-order valence-corrected chi connectivity index (χ3v) is 1.79. The zero-order chi connectivity index (χ0) is 6.69. The summed E-state index contributed by atoms with van der Waals surface area (Å²) < 4.78 is 0. The molecule has 0 saturated heterocycles. The Bertz CT molecular complexity index is 109. The summed E-state index contributed by atoms with van der Waals surface area (Å²) in [5, 5.41) is 3.87. The van der Waals surface area contributed by atoms with Gasteiger partial charge < -0.3 is 0 Å². The Kier molecular flexibility index (Phi) is 2.25. The van der Waals surface area contributed by atoms with Gasteiger partial charge in [0.2, 0.25) is 0 Å². The molecule has 1 heterocycles. The molecular weight excluding hydrogens is 112 g/mol. The molecule has 1 rings (SSSR count). The predicted octanol–water partition coefficient (Wildman–Crippen LogP) is -0.345. The Morgan fingerprint density at radius 2 is 2.33 bits per heavy atom. The van der Waals surface area contributed by atoms with E-state index in [1.807, 2.05) is 0 Å². The average Bonchev–Trinajstić information content (AvgIpc) is 2.33. The van der Waals surface area contributed by atoms with Crippen molar-refractivity contribution in [3.05, 3.63) is 12.3 Å². The van der Waals surface area contributed by atoms with Gasteiger partial charge in [0.05, 0.1) is 13.1 Å². The molecule has 1 atom stereocenters. The molecule has 9 heavy (non-hydrogen) atoms. The highest BCUT2D eigenvalue weighted by Crippen LogP contribution is 1.83. The van der Waals surface area contributed by atoms with Crippen LogP contribution < -0.4 is 5.01 Å². The van der Waals surface area contributed by atoms with Gasteiger partial charge in [0, 0.05) is 6.54 Å². The predicted molar refractivity (Wildman–Crippen MR) is 37.9 cm³/mol. The normalized spacial score (nSPS) is 27.6. The van der Waals surface area contributed by atoms with Crippen LogP contribution >= 0.6 is 0 Å². The molecule has 1 aliphatic heterocycles. The molecule has 0 aromatic heterocycles. The first kappa shape index (κ1) is 6.78. The van der Waals surface area contributed by atoms with Gasteiger partial charge in [0.15, 0.2) is 0 Å². The quantitative estimate of drug-likeness (QED) is 0.533. The van der Waals surface area contributed by atoms with Crippen LogP contribution in [0, 0.1) is 0 Å². The van der Waals surface area contributed by atoms with Crippen molar-refractivity contribution in [1.82, 2.24) is 5.01 Å². The summed E-state index contributed by atoms with van der Waals surface area (Å²) in [5.41, 5.74) is 0. The number of hydrogen-bond acceptors (Lipinski definition) is 1. The molecule has 52 valence electrons. The van der Waals surface area contributed by atoms with Crippen LogP contribution in [0.3, 0.4) is 0 Å². The fourth-order valence-corrected chi connectivity index (χ4v) is 1.21. The van der Waals surface area contributed by atoms with E-state index in [1.165, 1.54) is 11.6 Å². The van der Waals surface area contributed by atoms with Crippen LogP contribution in [0.5, 0.6) is 0 Å². The molecule has 0 radical (unpaired) electrons. The summed E-state index contributed by atoms with van der Waals surface area (Å²) in [7, 11) is 0. The number of hydrogen-bond donors (Lipinski definition) is 1. The minimum absolute atomic E-state index is 1.12. The Labute approximate surface area is 56.7 Å². The first-order chi connectivity index (χ1) is 4.38. The molecule has 1 N–H and O–H groups in total. The Balaban J connectivity index is 2.39. The number of nitrogens with zero attached hydrogens (tertiary/aromatic N) is 1. The lowest BCUT2D eigenvalue weighted by molar-refractivity contribution is -0.961. The van der Waals surface area contributed by atoms with Crippen LogP contribution in [0.15, 0.2) is 12.3 Å². The number of rotatable bonds is 2. The highest BCUT2D eigenvalue weighted by Gasteiger charge is 2.16. The van der Waals surface area contributed by atoms with E-state index in [2.05, 4.69) is 31.1 Å². The Hall–Kier alpha value is -0.340. The van der Waals surface area contributed by atoms with Crippen LogP contribution in [0.25, 0.3) is 0 Å². The van der Waals surface area contributed by atoms with E-state index in [9.17, 15) is 0 Å². The molecule has 0 bridgehead atoms. The first-order valence-corrected chi connectivity index (χ1v) is 3.65. The molecule has 0 saturated carbocycles. The summed E-state index contributed by atoms with van der Waals surface area (Å²) in [6.07, 6.45) is 4.45. The maximum atomic E-state index is 2.39. The largest absolute Gasteiger partial charge is 0.229 e. The van der Waals surface area contributed by atoms with Crippen molar-refractivity contribution in [2.75, 3.05) is 19.6 Å². The minimum Gasteiger partial charge on any atom is -0.229 e. The lowest BCUT2D eigenvalue weighted by Gasteiger charge is -2.19. The number of likely N-dealkylation sites (N-methyl/N-ethyl adjacent to an activating group) is 1. The van der Waals surface area contributed by atoms with Crippen LogP contribution in [0.1, 0.15) is 13.8 Å². The second kappa shape index (κ2) is 2.99. The summed E-state index contributed by atoms with van der Waals surface area (Å²) >= 11 is 0. The van der Waals surface area contributed by atoms with Crippen molar-refractivity contribution in [1.29, 1.82) is 0 Å². The van der Waals surface area contributed by atoms with Crippen molar-refractivity contribution in [2.24, 2.45) is 0 Å². The highest BCUT2D eigenvalue weighted by molar-refractivity contribution is 4.78. The molecule has 0 aromatic rings. The standard InChI is InChI=1S/C7H14N2/c1-3-8-6-5-7-9(8)4-2/h5-6H,3-4,7H2,1-2H3/p+1. The van der Waals surface area contributed by atoms with Gasteiger partial charge in [-0.25, -0.2) is 5.01 Å². The second-order valence-corrected chi connectivity index (χ2v) is 2.29. The monoisotopic (exact) mass is 127 g/mol.